The van der Waals surface area contributed by atoms with Gasteiger partial charge in [0.25, 0.3) is 0 Å². The molecule has 14 heavy (non-hydrogen) atoms. The van der Waals surface area contributed by atoms with Gasteiger partial charge in [0.2, 0.25) is 0 Å². The van der Waals surface area contributed by atoms with Gasteiger partial charge in [0.15, 0.2) is 0 Å². The first-order valence-electron chi connectivity index (χ1n) is 4.02. The van der Waals surface area contributed by atoms with Gasteiger partial charge in [-0.2, -0.15) is 42.1 Å². The van der Waals surface area contributed by atoms with Crippen LogP contribution in [0.3, 0.4) is 0 Å². The first-order valence-corrected chi connectivity index (χ1v) is 5.01. The van der Waals surface area contributed by atoms with E-state index in [1.807, 2.05) is 23.9 Å². The van der Waals surface area contributed by atoms with E-state index < -0.39 is 0 Å². The molecule has 0 aliphatic carbocycles. The third-order valence-electron chi connectivity index (χ3n) is 1.49. The minimum Gasteiger partial charge on any atom is -1.00 e. The summed E-state index contributed by atoms with van der Waals surface area (Å²) in [5, 5.41) is 0. The molecule has 0 spiro atoms. The van der Waals surface area contributed by atoms with E-state index in [0.29, 0.717) is 0 Å². The van der Waals surface area contributed by atoms with Gasteiger partial charge in [-0.3, -0.25) is 0 Å². The van der Waals surface area contributed by atoms with Gasteiger partial charge in [0.05, 0.1) is 0 Å². The number of nitrogens with zero attached hydrogens (tertiary/aromatic N) is 1. The molecule has 0 amide bonds. The summed E-state index contributed by atoms with van der Waals surface area (Å²) >= 11 is 1.89. The van der Waals surface area contributed by atoms with Gasteiger partial charge >= 0.3 is 23.1 Å². The Hall–Kier alpha value is 0.776. The standard InChI is InChI=1S/C10H14NS.BrH.Mg/c1-11(2)8-9-12-10-6-4-3-5-7-10;;/h4-7H,8-9H2,1-2H3;1H;/q-1;;+2/p-1. The third kappa shape index (κ3) is 8.11. The van der Waals surface area contributed by atoms with E-state index >= 15 is 0 Å². The molecule has 0 aliphatic rings. The van der Waals surface area contributed by atoms with Crippen molar-refractivity contribution in [3.05, 3.63) is 30.3 Å². The molecule has 0 saturated heterocycles. The zero-order valence-corrected chi connectivity index (χ0v) is 12.5. The monoisotopic (exact) mass is 283 g/mol. The number of hydrogen-bond donors (Lipinski definition) is 0. The van der Waals surface area contributed by atoms with Crippen molar-refractivity contribution >= 4 is 34.8 Å². The third-order valence-corrected chi connectivity index (χ3v) is 2.49. The normalized spacial score (nSPS) is 9.07. The van der Waals surface area contributed by atoms with Gasteiger partial charge in [0, 0.05) is 12.3 Å². The summed E-state index contributed by atoms with van der Waals surface area (Å²) in [5.41, 5.74) is 0. The Labute approximate surface area is 118 Å². The maximum atomic E-state index is 3.01. The molecule has 0 bridgehead atoms. The first kappa shape index (κ1) is 17.2. The zero-order valence-electron chi connectivity index (χ0n) is 8.66. The average molecular weight is 285 g/mol. The topological polar surface area (TPSA) is 3.24 Å². The van der Waals surface area contributed by atoms with Crippen molar-refractivity contribution in [1.29, 1.82) is 0 Å². The molecule has 0 radical (unpaired) electrons. The van der Waals surface area contributed by atoms with E-state index in [4.69, 9.17) is 0 Å². The van der Waals surface area contributed by atoms with Crippen molar-refractivity contribution in [2.75, 3.05) is 26.4 Å². The smallest absolute Gasteiger partial charge is 1.00 e. The summed E-state index contributed by atoms with van der Waals surface area (Å²) < 4.78 is 0. The number of benzene rings is 1. The van der Waals surface area contributed by atoms with Gasteiger partial charge in [-0.1, -0.05) is 0 Å². The van der Waals surface area contributed by atoms with Crippen LogP contribution in [0.15, 0.2) is 29.2 Å². The van der Waals surface area contributed by atoms with E-state index in [1.165, 1.54) is 4.90 Å². The van der Waals surface area contributed by atoms with Gasteiger partial charge in [-0.15, -0.1) is 4.90 Å². The van der Waals surface area contributed by atoms with Crippen molar-refractivity contribution in [1.82, 2.24) is 4.90 Å². The summed E-state index contributed by atoms with van der Waals surface area (Å²) in [6.45, 7) is 1.13. The molecular weight excluding hydrogens is 270 g/mol. The number of rotatable bonds is 4. The second-order valence-electron chi connectivity index (χ2n) is 2.89. The average Bonchev–Trinajstić information content (AvgIpc) is 2.05. The molecule has 0 fully saturated rings. The quantitative estimate of drug-likeness (QED) is 0.387. The SMILES string of the molecule is CN(C)CCSc1cc[c-]cc1.[Br-].[Mg+2]. The second-order valence-corrected chi connectivity index (χ2v) is 4.06. The summed E-state index contributed by atoms with van der Waals surface area (Å²) in [5.74, 6) is 1.15. The molecule has 0 atom stereocenters. The van der Waals surface area contributed by atoms with E-state index in [2.05, 4.69) is 37.2 Å². The van der Waals surface area contributed by atoms with Crippen molar-refractivity contribution in [2.24, 2.45) is 0 Å². The van der Waals surface area contributed by atoms with Gasteiger partial charge in [-0.25, -0.2) is 0 Å². The molecule has 1 aromatic rings. The van der Waals surface area contributed by atoms with Crippen LogP contribution in [-0.4, -0.2) is 54.3 Å². The minimum atomic E-state index is 0. The Bertz CT molecular complexity index is 219. The predicted octanol–water partition coefficient (Wildman–Crippen LogP) is -1.24. The summed E-state index contributed by atoms with van der Waals surface area (Å²) in [6.07, 6.45) is 0. The Kier molecular flexibility index (Phi) is 12.6. The van der Waals surface area contributed by atoms with Gasteiger partial charge < -0.3 is 21.9 Å². The second kappa shape index (κ2) is 10.3. The van der Waals surface area contributed by atoms with Crippen molar-refractivity contribution in [3.8, 4) is 0 Å². The van der Waals surface area contributed by atoms with E-state index in [1.54, 1.807) is 0 Å². The number of hydrogen-bond acceptors (Lipinski definition) is 2. The van der Waals surface area contributed by atoms with Crippen molar-refractivity contribution in [3.63, 3.8) is 0 Å². The largest absolute Gasteiger partial charge is 2.00 e. The maximum absolute atomic E-state index is 3.01. The Morgan fingerprint density at radius 3 is 2.36 bits per heavy atom. The Morgan fingerprint density at radius 1 is 1.29 bits per heavy atom. The number of thioether (sulfide) groups is 1. The molecule has 1 rings (SSSR count). The van der Waals surface area contributed by atoms with Crippen LogP contribution >= 0.6 is 11.8 Å². The Morgan fingerprint density at radius 2 is 1.86 bits per heavy atom. The van der Waals surface area contributed by atoms with Gasteiger partial charge in [-0.05, 0) is 14.1 Å². The molecule has 0 heterocycles. The Balaban J connectivity index is 0. The van der Waals surface area contributed by atoms with Crippen LogP contribution in [0.4, 0.5) is 0 Å². The van der Waals surface area contributed by atoms with E-state index in [0.717, 1.165) is 12.3 Å². The molecule has 1 aromatic carbocycles. The van der Waals surface area contributed by atoms with Crippen LogP contribution in [-0.2, 0) is 0 Å². The van der Waals surface area contributed by atoms with Crippen molar-refractivity contribution < 1.29 is 17.0 Å². The molecule has 1 nitrogen and oxygen atoms in total. The number of halogens is 1. The van der Waals surface area contributed by atoms with Crippen LogP contribution in [0.5, 0.6) is 0 Å². The van der Waals surface area contributed by atoms with Crippen LogP contribution in [0.25, 0.3) is 0 Å². The fourth-order valence-electron chi connectivity index (χ4n) is 0.814. The van der Waals surface area contributed by atoms with Crippen LogP contribution < -0.4 is 17.0 Å². The summed E-state index contributed by atoms with van der Waals surface area (Å²) in [6, 6.07) is 11.1. The minimum absolute atomic E-state index is 0. The fraction of sp³-hybridized carbons (Fsp3) is 0.400. The summed E-state index contributed by atoms with van der Waals surface area (Å²) in [7, 11) is 4.19. The fourth-order valence-corrected chi connectivity index (χ4v) is 1.83. The van der Waals surface area contributed by atoms with E-state index in [-0.39, 0.29) is 40.0 Å². The molecule has 0 saturated carbocycles. The van der Waals surface area contributed by atoms with Crippen molar-refractivity contribution in [2.45, 2.75) is 4.90 Å². The molecule has 0 aromatic heterocycles. The maximum Gasteiger partial charge on any atom is 2.00 e. The van der Waals surface area contributed by atoms with Gasteiger partial charge in [0.1, 0.15) is 0 Å². The van der Waals surface area contributed by atoms with E-state index in [9.17, 15) is 0 Å². The van der Waals surface area contributed by atoms with Crippen LogP contribution in [0, 0.1) is 6.07 Å². The molecule has 0 N–H and O–H groups in total. The molecule has 4 heteroatoms. The zero-order chi connectivity index (χ0) is 8.81. The molecule has 0 unspecified atom stereocenters. The molecule has 0 aliphatic heterocycles. The van der Waals surface area contributed by atoms with Crippen LogP contribution in [0.1, 0.15) is 0 Å². The molecular formula is C10H14BrMgNS. The first-order chi connectivity index (χ1) is 5.79. The van der Waals surface area contributed by atoms with Crippen LogP contribution in [0.2, 0.25) is 0 Å². The molecule has 74 valence electrons. The summed E-state index contributed by atoms with van der Waals surface area (Å²) in [4.78, 5) is 3.53. The predicted molar refractivity (Wildman–Crippen MR) is 60.3 cm³/mol.